The van der Waals surface area contributed by atoms with E-state index in [2.05, 4.69) is 39.5 Å². The zero-order chi connectivity index (χ0) is 26.8. The van der Waals surface area contributed by atoms with Gasteiger partial charge >= 0.3 is 18.1 Å². The van der Waals surface area contributed by atoms with E-state index in [4.69, 9.17) is 5.11 Å². The fraction of sp³-hybridized carbons (Fsp3) is 0.278. The summed E-state index contributed by atoms with van der Waals surface area (Å²) in [4.78, 5) is 68.8. The van der Waals surface area contributed by atoms with Gasteiger partial charge in [0.1, 0.15) is 22.8 Å². The largest absolute Gasteiger partial charge is 0.479 e. The SMILES string of the molecule is C=CC1=C(C(=O)S)N2C(=O)C(NC(=O)C(=NOCC(=O)O)c3csc(NC(=O)C(F)(F)F)n3)[C@H]2SC1. The van der Waals surface area contributed by atoms with E-state index in [9.17, 15) is 37.1 Å². The number of rotatable bonds is 9. The number of anilines is 1. The Hall–Kier alpha value is -3.38. The molecule has 3 rings (SSSR count). The molecular weight excluding hydrogens is 551 g/mol. The van der Waals surface area contributed by atoms with Crippen molar-refractivity contribution in [1.29, 1.82) is 0 Å². The Bertz CT molecular complexity index is 1210. The van der Waals surface area contributed by atoms with Crippen LogP contribution in [0.15, 0.2) is 34.5 Å². The van der Waals surface area contributed by atoms with Gasteiger partial charge in [-0.15, -0.1) is 23.1 Å². The summed E-state index contributed by atoms with van der Waals surface area (Å²) < 4.78 is 37.5. The fourth-order valence-electron chi connectivity index (χ4n) is 2.97. The molecule has 0 saturated carbocycles. The number of nitrogens with one attached hydrogen (secondary N) is 2. The van der Waals surface area contributed by atoms with Crippen molar-refractivity contribution in [1.82, 2.24) is 15.2 Å². The quantitative estimate of drug-likeness (QED) is 0.146. The third-order valence-corrected chi connectivity index (χ3v) is 6.79. The highest BCUT2D eigenvalue weighted by Gasteiger charge is 2.53. The van der Waals surface area contributed by atoms with Crippen LogP contribution in [0, 0.1) is 0 Å². The predicted molar refractivity (Wildman–Crippen MR) is 123 cm³/mol. The van der Waals surface area contributed by atoms with E-state index < -0.39 is 63.8 Å². The molecule has 1 aromatic rings. The number of alkyl halides is 3. The van der Waals surface area contributed by atoms with E-state index in [0.29, 0.717) is 22.7 Å². The number of hydrogen-bond acceptors (Lipinski definition) is 10. The average Bonchev–Trinajstić information content (AvgIpc) is 3.25. The first-order valence-corrected chi connectivity index (χ1v) is 11.8. The van der Waals surface area contributed by atoms with Gasteiger partial charge in [0.25, 0.3) is 11.8 Å². The molecule has 3 N–H and O–H groups in total. The highest BCUT2D eigenvalue weighted by atomic mass is 32.2. The molecule has 0 bridgehead atoms. The number of nitrogens with zero attached hydrogens (tertiary/aromatic N) is 3. The maximum Gasteiger partial charge on any atom is 0.471 e. The third-order valence-electron chi connectivity index (χ3n) is 4.52. The van der Waals surface area contributed by atoms with E-state index in [0.717, 1.165) is 10.3 Å². The van der Waals surface area contributed by atoms with Gasteiger partial charge < -0.3 is 15.3 Å². The molecule has 3 heterocycles. The van der Waals surface area contributed by atoms with Crippen LogP contribution < -0.4 is 10.6 Å². The van der Waals surface area contributed by atoms with E-state index in [1.165, 1.54) is 23.2 Å². The number of carbonyl (C=O) groups excluding carboxylic acids is 4. The first kappa shape index (κ1) is 27.2. The molecule has 2 aliphatic rings. The summed E-state index contributed by atoms with van der Waals surface area (Å²) >= 11 is 5.53. The lowest BCUT2D eigenvalue weighted by atomic mass is 10.0. The van der Waals surface area contributed by atoms with Crippen molar-refractivity contribution in [3.63, 3.8) is 0 Å². The monoisotopic (exact) mass is 565 g/mol. The van der Waals surface area contributed by atoms with Crippen LogP contribution in [0.1, 0.15) is 5.69 Å². The van der Waals surface area contributed by atoms with Crippen molar-refractivity contribution in [3.05, 3.63) is 35.0 Å². The molecule has 192 valence electrons. The topological polar surface area (TPSA) is 167 Å². The van der Waals surface area contributed by atoms with Crippen LogP contribution in [0.25, 0.3) is 0 Å². The summed E-state index contributed by atoms with van der Waals surface area (Å²) in [7, 11) is 0. The summed E-state index contributed by atoms with van der Waals surface area (Å²) in [6.45, 7) is 2.63. The minimum Gasteiger partial charge on any atom is -0.479 e. The third kappa shape index (κ3) is 5.71. The number of aromatic nitrogens is 1. The number of thiazole rings is 1. The molecular formula is C18H14F3N5O7S3. The van der Waals surface area contributed by atoms with Crippen LogP contribution >= 0.6 is 35.7 Å². The van der Waals surface area contributed by atoms with Crippen molar-refractivity contribution in [3.8, 4) is 0 Å². The molecule has 1 fully saturated rings. The number of amides is 3. The smallest absolute Gasteiger partial charge is 0.471 e. The lowest BCUT2D eigenvalue weighted by molar-refractivity contribution is -0.167. The highest BCUT2D eigenvalue weighted by molar-refractivity contribution is 8.00. The second kappa shape index (κ2) is 10.7. The summed E-state index contributed by atoms with van der Waals surface area (Å²) in [5, 5.41) is 15.2. The van der Waals surface area contributed by atoms with Gasteiger partial charge in [-0.05, 0) is 5.57 Å². The number of hydrogen-bond donors (Lipinski definition) is 4. The number of halogens is 3. The number of carbonyl (C=O) groups is 5. The first-order valence-electron chi connectivity index (χ1n) is 9.45. The van der Waals surface area contributed by atoms with Gasteiger partial charge in [-0.1, -0.05) is 30.4 Å². The number of aliphatic carboxylic acids is 1. The van der Waals surface area contributed by atoms with Gasteiger partial charge in [0.05, 0.1) is 0 Å². The molecule has 0 spiro atoms. The number of fused-ring (bicyclic) bond motifs is 1. The second-order valence-electron chi connectivity index (χ2n) is 6.84. The molecule has 12 nitrogen and oxygen atoms in total. The molecule has 3 amide bonds. The Morgan fingerprint density at radius 1 is 1.39 bits per heavy atom. The minimum absolute atomic E-state index is 0.0239. The first-order chi connectivity index (χ1) is 16.8. The normalized spacial score (nSPS) is 19.7. The number of oxime groups is 1. The Labute approximate surface area is 213 Å². The number of thioether (sulfide) groups is 1. The van der Waals surface area contributed by atoms with Crippen molar-refractivity contribution in [2.45, 2.75) is 17.6 Å². The summed E-state index contributed by atoms with van der Waals surface area (Å²) in [6.07, 6.45) is -3.78. The number of thiol groups is 1. The van der Waals surface area contributed by atoms with Crippen molar-refractivity contribution < 1.29 is 47.1 Å². The van der Waals surface area contributed by atoms with Gasteiger partial charge in [-0.2, -0.15) is 13.2 Å². The summed E-state index contributed by atoms with van der Waals surface area (Å²) in [5.74, 6) is -5.17. The van der Waals surface area contributed by atoms with Gasteiger partial charge in [-0.3, -0.25) is 29.4 Å². The lowest BCUT2D eigenvalue weighted by Gasteiger charge is -2.49. The van der Waals surface area contributed by atoms with E-state index in [1.807, 2.05) is 0 Å². The Kier molecular flexibility index (Phi) is 8.09. The summed E-state index contributed by atoms with van der Waals surface area (Å²) in [6, 6.07) is -1.13. The van der Waals surface area contributed by atoms with Gasteiger partial charge in [0, 0.05) is 11.1 Å². The van der Waals surface area contributed by atoms with Crippen LogP contribution in [-0.2, 0) is 28.8 Å². The van der Waals surface area contributed by atoms with Crippen LogP contribution in [-0.4, -0.2) is 79.5 Å². The molecule has 1 unspecified atom stereocenters. The second-order valence-corrected chi connectivity index (χ2v) is 9.21. The van der Waals surface area contributed by atoms with Gasteiger partial charge in [0.15, 0.2) is 10.8 Å². The molecule has 2 atom stereocenters. The lowest BCUT2D eigenvalue weighted by Crippen LogP contribution is -2.70. The molecule has 2 aliphatic heterocycles. The summed E-state index contributed by atoms with van der Waals surface area (Å²) in [5.41, 5.74) is -0.523. The van der Waals surface area contributed by atoms with E-state index in [1.54, 1.807) is 0 Å². The van der Waals surface area contributed by atoms with Crippen molar-refractivity contribution in [2.75, 3.05) is 17.7 Å². The number of β-lactam (4-membered cyclic amide) rings is 1. The maximum atomic E-state index is 12.9. The van der Waals surface area contributed by atoms with E-state index >= 15 is 0 Å². The molecule has 0 aliphatic carbocycles. The van der Waals surface area contributed by atoms with Crippen molar-refractivity contribution >= 4 is 75.4 Å². The minimum atomic E-state index is -5.19. The highest BCUT2D eigenvalue weighted by Crippen LogP contribution is 2.41. The zero-order valence-electron chi connectivity index (χ0n) is 17.6. The fourth-order valence-corrected chi connectivity index (χ4v) is 5.26. The number of carboxylic acid groups (broad SMARTS) is 1. The predicted octanol–water partition coefficient (Wildman–Crippen LogP) is 0.746. The molecule has 1 aromatic heterocycles. The molecule has 36 heavy (non-hydrogen) atoms. The number of allylic oxidation sites excluding steroid dienone is 1. The van der Waals surface area contributed by atoms with Gasteiger partial charge in [-0.25, -0.2) is 9.78 Å². The maximum absolute atomic E-state index is 12.9. The zero-order valence-corrected chi connectivity index (χ0v) is 20.1. The van der Waals surface area contributed by atoms with E-state index in [-0.39, 0.29) is 11.4 Å². The molecule has 0 radical (unpaired) electrons. The van der Waals surface area contributed by atoms with Gasteiger partial charge in [0.2, 0.25) is 11.7 Å². The van der Waals surface area contributed by atoms with Crippen LogP contribution in [0.5, 0.6) is 0 Å². The Morgan fingerprint density at radius 2 is 2.08 bits per heavy atom. The number of carboxylic acids is 1. The molecule has 0 aromatic carbocycles. The van der Waals surface area contributed by atoms with Crippen LogP contribution in [0.4, 0.5) is 18.3 Å². The Balaban J connectivity index is 1.81. The Morgan fingerprint density at radius 3 is 2.67 bits per heavy atom. The van der Waals surface area contributed by atoms with Crippen molar-refractivity contribution in [2.24, 2.45) is 5.16 Å². The molecule has 18 heteroatoms. The van der Waals surface area contributed by atoms with Crippen LogP contribution in [0.3, 0.4) is 0 Å². The van der Waals surface area contributed by atoms with Crippen LogP contribution in [0.2, 0.25) is 0 Å². The average molecular weight is 566 g/mol. The standard InChI is InChI=1S/C18H14F3N5O7S3/c1-2-6-4-35-14-10(13(30)26(14)11(6)15(31)34)23-12(29)9(25-33-3-8(27)28)7-5-36-17(22-7)24-16(32)18(19,20)21/h2,5,10,14H,1,3-4H2,(H,23,29)(H,27,28)(H,31,34)(H,22,24,32)/t10?,14-/m1/s1. The molecule has 1 saturated heterocycles.